The molecule has 0 aliphatic carbocycles. The summed E-state index contributed by atoms with van der Waals surface area (Å²) in [5, 5.41) is 2.93. The SMILES string of the molecule is CCCCC(N=C1NS(=O)(=O)c2ccccc21)C(=O)NCCc1cn2ccccc2n1. The van der Waals surface area contributed by atoms with E-state index < -0.39 is 16.1 Å². The normalized spacial score (nSPS) is 16.7. The van der Waals surface area contributed by atoms with Crippen LogP contribution in [0.15, 0.2) is 64.7 Å². The van der Waals surface area contributed by atoms with Crippen molar-refractivity contribution in [2.24, 2.45) is 4.99 Å². The van der Waals surface area contributed by atoms with Gasteiger partial charge in [0.05, 0.1) is 10.6 Å². The van der Waals surface area contributed by atoms with E-state index in [1.807, 2.05) is 41.9 Å². The molecule has 0 saturated heterocycles. The molecule has 0 fully saturated rings. The largest absolute Gasteiger partial charge is 0.354 e. The molecule has 3 heterocycles. The van der Waals surface area contributed by atoms with Gasteiger partial charge in [-0.3, -0.25) is 14.5 Å². The number of pyridine rings is 1. The first kappa shape index (κ1) is 21.0. The fourth-order valence-corrected chi connectivity index (χ4v) is 4.82. The monoisotopic (exact) mass is 439 g/mol. The summed E-state index contributed by atoms with van der Waals surface area (Å²) in [7, 11) is -3.64. The highest BCUT2D eigenvalue weighted by molar-refractivity contribution is 7.90. The summed E-state index contributed by atoms with van der Waals surface area (Å²) in [4.78, 5) is 22.1. The van der Waals surface area contributed by atoms with Gasteiger partial charge in [0.2, 0.25) is 5.91 Å². The van der Waals surface area contributed by atoms with Crippen LogP contribution in [0.1, 0.15) is 37.4 Å². The minimum Gasteiger partial charge on any atom is -0.354 e. The van der Waals surface area contributed by atoms with E-state index in [0.717, 1.165) is 24.2 Å². The van der Waals surface area contributed by atoms with E-state index in [-0.39, 0.29) is 16.6 Å². The first-order chi connectivity index (χ1) is 15.0. The van der Waals surface area contributed by atoms with Gasteiger partial charge in [0.1, 0.15) is 17.5 Å². The van der Waals surface area contributed by atoms with E-state index in [0.29, 0.717) is 24.9 Å². The van der Waals surface area contributed by atoms with E-state index in [1.165, 1.54) is 6.07 Å². The van der Waals surface area contributed by atoms with E-state index in [2.05, 4.69) is 20.0 Å². The number of amidine groups is 1. The molecule has 1 aliphatic heterocycles. The number of imidazole rings is 1. The highest BCUT2D eigenvalue weighted by Gasteiger charge is 2.31. The van der Waals surface area contributed by atoms with Gasteiger partial charge in [-0.2, -0.15) is 0 Å². The molecule has 2 aromatic heterocycles. The number of benzene rings is 1. The second kappa shape index (κ2) is 8.89. The van der Waals surface area contributed by atoms with Crippen LogP contribution in [0.5, 0.6) is 0 Å². The maximum absolute atomic E-state index is 12.9. The van der Waals surface area contributed by atoms with Crippen LogP contribution in [0.3, 0.4) is 0 Å². The van der Waals surface area contributed by atoms with Crippen molar-refractivity contribution in [2.45, 2.75) is 43.5 Å². The molecule has 31 heavy (non-hydrogen) atoms. The van der Waals surface area contributed by atoms with Crippen molar-refractivity contribution < 1.29 is 13.2 Å². The number of nitrogens with zero attached hydrogens (tertiary/aromatic N) is 3. The second-order valence-corrected chi connectivity index (χ2v) is 9.13. The van der Waals surface area contributed by atoms with Gasteiger partial charge < -0.3 is 9.72 Å². The number of aromatic nitrogens is 2. The molecule has 8 nitrogen and oxygen atoms in total. The zero-order valence-electron chi connectivity index (χ0n) is 17.3. The third kappa shape index (κ3) is 4.61. The molecular weight excluding hydrogens is 414 g/mol. The number of amides is 1. The first-order valence-electron chi connectivity index (χ1n) is 10.4. The molecule has 0 bridgehead atoms. The zero-order chi connectivity index (χ0) is 21.8. The highest BCUT2D eigenvalue weighted by atomic mass is 32.2. The van der Waals surface area contributed by atoms with Crippen LogP contribution in [-0.2, 0) is 21.2 Å². The predicted molar refractivity (Wildman–Crippen MR) is 119 cm³/mol. The Balaban J connectivity index is 1.46. The van der Waals surface area contributed by atoms with Crippen molar-refractivity contribution in [3.8, 4) is 0 Å². The molecule has 0 radical (unpaired) electrons. The Morgan fingerprint density at radius 3 is 2.84 bits per heavy atom. The molecule has 0 saturated carbocycles. The van der Waals surface area contributed by atoms with Crippen LogP contribution in [0.2, 0.25) is 0 Å². The Labute approximate surface area is 181 Å². The van der Waals surface area contributed by atoms with Gasteiger partial charge in [0.25, 0.3) is 10.0 Å². The van der Waals surface area contributed by atoms with Gasteiger partial charge in [-0.25, -0.2) is 13.4 Å². The van der Waals surface area contributed by atoms with Crippen molar-refractivity contribution in [3.05, 3.63) is 66.1 Å². The van der Waals surface area contributed by atoms with E-state index in [4.69, 9.17) is 0 Å². The summed E-state index contributed by atoms with van der Waals surface area (Å²) < 4.78 is 29.1. The molecular formula is C22H25N5O3S. The highest BCUT2D eigenvalue weighted by Crippen LogP contribution is 2.23. The fourth-order valence-electron chi connectivity index (χ4n) is 3.58. The molecule has 3 aromatic rings. The maximum Gasteiger partial charge on any atom is 0.263 e. The van der Waals surface area contributed by atoms with Crippen LogP contribution < -0.4 is 10.0 Å². The lowest BCUT2D eigenvalue weighted by molar-refractivity contribution is -0.122. The minimum atomic E-state index is -3.64. The molecule has 1 amide bonds. The van der Waals surface area contributed by atoms with E-state index in [1.54, 1.807) is 18.2 Å². The molecule has 4 rings (SSSR count). The molecule has 1 atom stereocenters. The number of unbranched alkanes of at least 4 members (excludes halogenated alkanes) is 1. The lowest BCUT2D eigenvalue weighted by atomic mass is 10.1. The molecule has 1 aromatic carbocycles. The van der Waals surface area contributed by atoms with Crippen molar-refractivity contribution in [3.63, 3.8) is 0 Å². The van der Waals surface area contributed by atoms with Crippen molar-refractivity contribution in [1.29, 1.82) is 0 Å². The number of carbonyl (C=O) groups is 1. The van der Waals surface area contributed by atoms with Gasteiger partial charge in [0.15, 0.2) is 0 Å². The maximum atomic E-state index is 12.9. The van der Waals surface area contributed by atoms with Crippen LogP contribution in [0.25, 0.3) is 5.65 Å². The number of nitrogens with one attached hydrogen (secondary N) is 2. The van der Waals surface area contributed by atoms with Gasteiger partial charge in [-0.05, 0) is 30.7 Å². The Bertz CT molecular complexity index is 1200. The van der Waals surface area contributed by atoms with Gasteiger partial charge >= 0.3 is 0 Å². The summed E-state index contributed by atoms with van der Waals surface area (Å²) in [6, 6.07) is 11.8. The van der Waals surface area contributed by atoms with Crippen LogP contribution in [-0.4, -0.2) is 42.1 Å². The molecule has 2 N–H and O–H groups in total. The molecule has 9 heteroatoms. The van der Waals surface area contributed by atoms with Crippen LogP contribution in [0.4, 0.5) is 0 Å². The number of sulfonamides is 1. The lowest BCUT2D eigenvalue weighted by Crippen LogP contribution is -2.36. The molecule has 0 spiro atoms. The predicted octanol–water partition coefficient (Wildman–Crippen LogP) is 2.29. The number of carbonyl (C=O) groups excluding carboxylic acids is 1. The van der Waals surface area contributed by atoms with E-state index in [9.17, 15) is 13.2 Å². The van der Waals surface area contributed by atoms with Crippen molar-refractivity contribution in [1.82, 2.24) is 19.4 Å². The average molecular weight is 440 g/mol. The van der Waals surface area contributed by atoms with Crippen LogP contribution >= 0.6 is 0 Å². The number of hydrogen-bond donors (Lipinski definition) is 2. The summed E-state index contributed by atoms with van der Waals surface area (Å²) in [5.41, 5.74) is 2.25. The van der Waals surface area contributed by atoms with Crippen molar-refractivity contribution in [2.75, 3.05) is 6.54 Å². The number of fused-ring (bicyclic) bond motifs is 2. The third-order valence-electron chi connectivity index (χ3n) is 5.18. The zero-order valence-corrected chi connectivity index (χ0v) is 18.1. The average Bonchev–Trinajstić information content (AvgIpc) is 3.29. The summed E-state index contributed by atoms with van der Waals surface area (Å²) in [6.45, 7) is 2.47. The molecule has 1 unspecified atom stereocenters. The van der Waals surface area contributed by atoms with Crippen molar-refractivity contribution >= 4 is 27.4 Å². The topological polar surface area (TPSA) is 105 Å². The third-order valence-corrected chi connectivity index (χ3v) is 6.57. The summed E-state index contributed by atoms with van der Waals surface area (Å²) in [6.07, 6.45) is 6.75. The number of rotatable bonds is 8. The Kier molecular flexibility index (Phi) is 6.03. The number of hydrogen-bond acceptors (Lipinski definition) is 5. The lowest BCUT2D eigenvalue weighted by Gasteiger charge is -2.13. The van der Waals surface area contributed by atoms with Gasteiger partial charge in [-0.1, -0.05) is 38.0 Å². The Morgan fingerprint density at radius 2 is 2.03 bits per heavy atom. The van der Waals surface area contributed by atoms with Gasteiger partial charge in [0, 0.05) is 30.9 Å². The first-order valence-corrected chi connectivity index (χ1v) is 11.9. The van der Waals surface area contributed by atoms with Crippen LogP contribution in [0, 0.1) is 0 Å². The fraction of sp³-hybridized carbons (Fsp3) is 0.318. The standard InChI is InChI=1S/C22H25N5O3S/c1-2-3-9-18(25-21-17-8-4-5-10-19(17)31(29,30)26-21)22(28)23-13-12-16-15-27-14-7-6-11-20(27)24-16/h4-8,10-11,14-15,18H,2-3,9,12-13H2,1H3,(H,23,28)(H,25,26). The second-order valence-electron chi connectivity index (χ2n) is 7.48. The van der Waals surface area contributed by atoms with E-state index >= 15 is 0 Å². The smallest absolute Gasteiger partial charge is 0.263 e. The minimum absolute atomic E-state index is 0.190. The van der Waals surface area contributed by atoms with Gasteiger partial charge in [-0.15, -0.1) is 0 Å². The molecule has 162 valence electrons. The summed E-state index contributed by atoms with van der Waals surface area (Å²) >= 11 is 0. The Hall–Kier alpha value is -3.20. The summed E-state index contributed by atoms with van der Waals surface area (Å²) in [5.74, 6) is 0.0143. The molecule has 1 aliphatic rings. The number of aliphatic imine (C=N–C) groups is 1. The Morgan fingerprint density at radius 1 is 1.23 bits per heavy atom. The quantitative estimate of drug-likeness (QED) is 0.562.